The number of likely N-dealkylation sites (tertiary alicyclic amines) is 1. The molecule has 0 saturated carbocycles. The highest BCUT2D eigenvalue weighted by Gasteiger charge is 2.22. The van der Waals surface area contributed by atoms with E-state index in [1.807, 2.05) is 0 Å². The second-order valence-electron chi connectivity index (χ2n) is 3.28. The number of rotatable bonds is 2. The number of aliphatic hydroxyl groups is 1. The van der Waals surface area contributed by atoms with E-state index in [0.717, 1.165) is 33.0 Å². The molecule has 2 rings (SSSR count). The first-order valence-electron chi connectivity index (χ1n) is 4.99. The predicted octanol–water partition coefficient (Wildman–Crippen LogP) is 0.0712. The number of hydrogen-bond acceptors (Lipinski definition) is 4. The molecule has 1 aliphatic rings. The van der Waals surface area contributed by atoms with Crippen molar-refractivity contribution in [2.24, 2.45) is 5.18 Å². The zero-order valence-corrected chi connectivity index (χ0v) is 9.06. The quantitative estimate of drug-likeness (QED) is 0.699. The van der Waals surface area contributed by atoms with Crippen LogP contribution in [0, 0.1) is 4.91 Å². The van der Waals surface area contributed by atoms with Crippen molar-refractivity contribution in [1.82, 2.24) is 10.00 Å². The molecule has 1 aromatic heterocycles. The van der Waals surface area contributed by atoms with Crippen molar-refractivity contribution in [2.75, 3.05) is 20.2 Å². The lowest BCUT2D eigenvalue weighted by molar-refractivity contribution is -0.435. The fourth-order valence-corrected chi connectivity index (χ4v) is 1.60. The molecule has 1 aliphatic heterocycles. The first-order valence-corrected chi connectivity index (χ1v) is 4.99. The smallest absolute Gasteiger partial charge is 0.393 e. The third-order valence-electron chi connectivity index (χ3n) is 2.33. The van der Waals surface area contributed by atoms with Gasteiger partial charge in [0.05, 0.1) is 6.07 Å². The molecule has 0 unspecified atom stereocenters. The number of aliphatic hydroxyl groups excluding tert-OH is 1. The summed E-state index contributed by atoms with van der Waals surface area (Å²) >= 11 is 0. The molecule has 1 saturated heterocycles. The fourth-order valence-electron chi connectivity index (χ4n) is 1.60. The van der Waals surface area contributed by atoms with E-state index < -0.39 is 0 Å². The summed E-state index contributed by atoms with van der Waals surface area (Å²) in [6, 6.07) is 1.42. The molecule has 16 heavy (non-hydrogen) atoms. The van der Waals surface area contributed by atoms with Gasteiger partial charge in [-0.2, -0.15) is 5.10 Å². The van der Waals surface area contributed by atoms with Crippen molar-refractivity contribution in [2.45, 2.75) is 12.8 Å². The molecule has 1 fully saturated rings. The fraction of sp³-hybridized carbons (Fsp3) is 0.556. The number of hydrogen-bond donors (Lipinski definition) is 2. The molecule has 1 amide bonds. The standard InChI is InChI=1S/C8H10N4O2.CH4O/c13-8(12-3-1-2-4-12)6-5-7(11-14)10-9-6;1-2/h5H,1-4H2,(H,9,10);2H,1H3/p+1. The highest BCUT2D eigenvalue weighted by Crippen LogP contribution is 2.12. The zero-order chi connectivity index (χ0) is 12.0. The van der Waals surface area contributed by atoms with Gasteiger partial charge in [0.25, 0.3) is 5.91 Å². The summed E-state index contributed by atoms with van der Waals surface area (Å²) in [7, 11) is 1.00. The second-order valence-corrected chi connectivity index (χ2v) is 3.28. The Balaban J connectivity index is 0.000000606. The Labute approximate surface area is 92.4 Å². The maximum absolute atomic E-state index is 11.7. The number of nitrogens with one attached hydrogen (secondary N) is 2. The summed E-state index contributed by atoms with van der Waals surface area (Å²) in [5, 5.41) is 14.8. The molecule has 3 N–H and O–H groups in total. The van der Waals surface area contributed by atoms with E-state index in [1.54, 1.807) is 4.90 Å². The van der Waals surface area contributed by atoms with Gasteiger partial charge in [0.15, 0.2) is 0 Å². The molecular weight excluding hydrogens is 212 g/mol. The van der Waals surface area contributed by atoms with Crippen molar-refractivity contribution in [1.29, 1.82) is 0 Å². The van der Waals surface area contributed by atoms with Crippen LogP contribution in [0.4, 0.5) is 5.82 Å². The second kappa shape index (κ2) is 5.96. The Morgan fingerprint density at radius 1 is 1.50 bits per heavy atom. The highest BCUT2D eigenvalue weighted by molar-refractivity contribution is 5.92. The lowest BCUT2D eigenvalue weighted by Crippen LogP contribution is -2.28. The van der Waals surface area contributed by atoms with Gasteiger partial charge >= 0.3 is 5.82 Å². The minimum absolute atomic E-state index is 0.0753. The number of nitroso groups, excluding NO2 is 1. The first-order chi connectivity index (χ1) is 7.81. The highest BCUT2D eigenvalue weighted by atomic mass is 16.3. The van der Waals surface area contributed by atoms with E-state index in [0.29, 0.717) is 5.69 Å². The predicted molar refractivity (Wildman–Crippen MR) is 56.1 cm³/mol. The maximum Gasteiger partial charge on any atom is 0.393 e. The summed E-state index contributed by atoms with van der Waals surface area (Å²) in [5.74, 6) is 0.0706. The van der Waals surface area contributed by atoms with Crippen LogP contribution in [0.5, 0.6) is 0 Å². The monoisotopic (exact) mass is 227 g/mol. The van der Waals surface area contributed by atoms with E-state index in [4.69, 9.17) is 5.11 Å². The minimum Gasteiger partial charge on any atom is -0.400 e. The van der Waals surface area contributed by atoms with E-state index >= 15 is 0 Å². The summed E-state index contributed by atoms with van der Waals surface area (Å²) in [6.07, 6.45) is 2.10. The van der Waals surface area contributed by atoms with Gasteiger partial charge in [-0.05, 0) is 17.7 Å². The third kappa shape index (κ3) is 2.63. The number of H-pyrrole nitrogens is 2. The van der Waals surface area contributed by atoms with E-state index in [-0.39, 0.29) is 11.7 Å². The van der Waals surface area contributed by atoms with Crippen molar-refractivity contribution in [3.8, 4) is 0 Å². The Hall–Kier alpha value is -1.76. The Morgan fingerprint density at radius 3 is 2.62 bits per heavy atom. The summed E-state index contributed by atoms with van der Waals surface area (Å²) < 4.78 is 0. The van der Waals surface area contributed by atoms with Crippen LogP contribution in [0.2, 0.25) is 0 Å². The van der Waals surface area contributed by atoms with Crippen LogP contribution in [0.1, 0.15) is 23.3 Å². The molecule has 0 radical (unpaired) electrons. The van der Waals surface area contributed by atoms with Crippen LogP contribution in [0.15, 0.2) is 11.2 Å². The summed E-state index contributed by atoms with van der Waals surface area (Å²) in [6.45, 7) is 1.59. The van der Waals surface area contributed by atoms with Crippen LogP contribution in [0.3, 0.4) is 0 Å². The molecular formula is C9H15N4O3+. The molecule has 0 bridgehead atoms. The first kappa shape index (κ1) is 12.3. The molecule has 0 aliphatic carbocycles. The number of amides is 1. The van der Waals surface area contributed by atoms with Crippen molar-refractivity contribution in [3.05, 3.63) is 16.7 Å². The number of aromatic amines is 2. The van der Waals surface area contributed by atoms with Crippen LogP contribution in [-0.2, 0) is 0 Å². The minimum atomic E-state index is -0.0753. The molecule has 0 spiro atoms. The SMILES string of the molecule is CO.O=Nc1cc(C(=O)N2CCCC2)[nH][nH+]1. The summed E-state index contributed by atoms with van der Waals surface area (Å²) in [5.41, 5.74) is 0.390. The van der Waals surface area contributed by atoms with E-state index in [1.165, 1.54) is 6.07 Å². The topological polar surface area (TPSA) is 99.9 Å². The average Bonchev–Trinajstić information content (AvgIpc) is 3.02. The van der Waals surface area contributed by atoms with Crippen molar-refractivity contribution >= 4 is 11.7 Å². The average molecular weight is 227 g/mol. The van der Waals surface area contributed by atoms with Gasteiger partial charge < -0.3 is 10.0 Å². The van der Waals surface area contributed by atoms with Gasteiger partial charge in [0, 0.05) is 20.2 Å². The van der Waals surface area contributed by atoms with Gasteiger partial charge in [-0.25, -0.2) is 5.10 Å². The van der Waals surface area contributed by atoms with E-state index in [9.17, 15) is 9.70 Å². The molecule has 0 atom stereocenters. The maximum atomic E-state index is 11.7. The molecule has 88 valence electrons. The molecule has 7 nitrogen and oxygen atoms in total. The van der Waals surface area contributed by atoms with Crippen LogP contribution in [-0.4, -0.2) is 41.2 Å². The van der Waals surface area contributed by atoms with Gasteiger partial charge in [0.2, 0.25) is 5.18 Å². The largest absolute Gasteiger partial charge is 0.400 e. The van der Waals surface area contributed by atoms with Crippen LogP contribution < -0.4 is 5.10 Å². The number of aromatic nitrogens is 2. The molecule has 7 heteroatoms. The van der Waals surface area contributed by atoms with E-state index in [2.05, 4.69) is 15.4 Å². The lowest BCUT2D eigenvalue weighted by atomic mass is 10.3. The van der Waals surface area contributed by atoms with Gasteiger partial charge in [0.1, 0.15) is 5.69 Å². The molecule has 0 aromatic carbocycles. The van der Waals surface area contributed by atoms with Crippen LogP contribution in [0.25, 0.3) is 0 Å². The van der Waals surface area contributed by atoms with Gasteiger partial charge in [-0.3, -0.25) is 4.79 Å². The third-order valence-corrected chi connectivity index (χ3v) is 2.33. The summed E-state index contributed by atoms with van der Waals surface area (Å²) in [4.78, 5) is 23.6. The van der Waals surface area contributed by atoms with Crippen molar-refractivity contribution < 1.29 is 15.0 Å². The molecule has 1 aromatic rings. The lowest BCUT2D eigenvalue weighted by Gasteiger charge is -2.12. The van der Waals surface area contributed by atoms with Gasteiger partial charge in [-0.15, -0.1) is 0 Å². The number of carbonyl (C=O) groups is 1. The Kier molecular flexibility index (Phi) is 4.59. The van der Waals surface area contributed by atoms with Gasteiger partial charge in [-0.1, -0.05) is 0 Å². The Bertz CT molecular complexity index is 357. The number of nitrogens with zero attached hydrogens (tertiary/aromatic N) is 2. The Morgan fingerprint density at radius 2 is 2.12 bits per heavy atom. The normalized spacial score (nSPS) is 14.2. The zero-order valence-electron chi connectivity index (χ0n) is 9.06. The molecule has 2 heterocycles. The van der Waals surface area contributed by atoms with Crippen LogP contribution >= 0.6 is 0 Å². The number of carbonyl (C=O) groups excluding carboxylic acids is 1. The van der Waals surface area contributed by atoms with Crippen molar-refractivity contribution in [3.63, 3.8) is 0 Å².